The molecule has 0 amide bonds. The fourth-order valence-electron chi connectivity index (χ4n) is 2.92. The molecule has 1 fully saturated rings. The lowest BCUT2D eigenvalue weighted by molar-refractivity contribution is 0.0905. The van der Waals surface area contributed by atoms with Gasteiger partial charge >= 0.3 is 0 Å². The van der Waals surface area contributed by atoms with Crippen LogP contribution in [0.5, 0.6) is 5.75 Å². The molecular formula is C19H22ClN3O2S. The molecule has 5 nitrogen and oxygen atoms in total. The van der Waals surface area contributed by atoms with Gasteiger partial charge in [0, 0.05) is 43.2 Å². The molecule has 0 spiro atoms. The third kappa shape index (κ3) is 5.06. The number of nitrogens with zero attached hydrogens (tertiary/aromatic N) is 2. The number of rotatable bonds is 6. The summed E-state index contributed by atoms with van der Waals surface area (Å²) < 4.78 is 11.2. The van der Waals surface area contributed by atoms with Gasteiger partial charge in [-0.05, 0) is 54.9 Å². The molecule has 1 N–H and O–H groups in total. The van der Waals surface area contributed by atoms with E-state index < -0.39 is 0 Å². The van der Waals surface area contributed by atoms with Crippen LogP contribution in [0.25, 0.3) is 0 Å². The molecule has 1 aliphatic heterocycles. The lowest BCUT2D eigenvalue weighted by Crippen LogP contribution is -2.39. The summed E-state index contributed by atoms with van der Waals surface area (Å²) in [4.78, 5) is 6.20. The van der Waals surface area contributed by atoms with Crippen molar-refractivity contribution < 1.29 is 9.47 Å². The third-order valence-electron chi connectivity index (χ3n) is 4.26. The van der Waals surface area contributed by atoms with E-state index in [4.69, 9.17) is 33.3 Å². The third-order valence-corrected chi connectivity index (χ3v) is 4.86. The average Bonchev–Trinajstić information content (AvgIpc) is 3.16. The Bertz CT molecular complexity index is 739. The van der Waals surface area contributed by atoms with Gasteiger partial charge in [0.15, 0.2) is 5.11 Å². The molecule has 1 aromatic heterocycles. The van der Waals surface area contributed by atoms with E-state index in [9.17, 15) is 0 Å². The highest BCUT2D eigenvalue weighted by Gasteiger charge is 2.21. The van der Waals surface area contributed by atoms with Crippen LogP contribution in [0.4, 0.5) is 5.69 Å². The Balaban J connectivity index is 1.75. The van der Waals surface area contributed by atoms with Gasteiger partial charge in [-0.3, -0.25) is 4.98 Å². The fraction of sp³-hybridized carbons (Fsp3) is 0.368. The maximum atomic E-state index is 6.04. The first-order valence-corrected chi connectivity index (χ1v) is 9.34. The van der Waals surface area contributed by atoms with Crippen LogP contribution < -0.4 is 10.1 Å². The van der Waals surface area contributed by atoms with E-state index in [2.05, 4.69) is 15.2 Å². The molecule has 1 aromatic carbocycles. The van der Waals surface area contributed by atoms with Crippen molar-refractivity contribution in [2.75, 3.05) is 25.6 Å². The van der Waals surface area contributed by atoms with Crippen molar-refractivity contribution in [3.8, 4) is 5.75 Å². The molecule has 0 unspecified atom stereocenters. The normalized spacial score (nSPS) is 16.3. The lowest BCUT2D eigenvalue weighted by atomic mass is 10.2. The van der Waals surface area contributed by atoms with E-state index in [0.29, 0.717) is 22.4 Å². The molecule has 7 heteroatoms. The first-order chi connectivity index (χ1) is 12.7. The van der Waals surface area contributed by atoms with E-state index in [1.165, 1.54) is 0 Å². The zero-order chi connectivity index (χ0) is 18.4. The summed E-state index contributed by atoms with van der Waals surface area (Å²) in [5.74, 6) is 0.654. The number of anilines is 1. The van der Waals surface area contributed by atoms with Crippen molar-refractivity contribution in [2.24, 2.45) is 0 Å². The number of nitrogens with one attached hydrogen (secondary N) is 1. The topological polar surface area (TPSA) is 46.6 Å². The lowest BCUT2D eigenvalue weighted by Gasteiger charge is -2.28. The first kappa shape index (κ1) is 18.9. The number of pyridine rings is 1. The van der Waals surface area contributed by atoms with Crippen molar-refractivity contribution in [2.45, 2.75) is 25.5 Å². The van der Waals surface area contributed by atoms with Gasteiger partial charge in [0.2, 0.25) is 0 Å². The Labute approximate surface area is 164 Å². The fourth-order valence-corrected chi connectivity index (χ4v) is 3.34. The molecule has 0 saturated carbocycles. The summed E-state index contributed by atoms with van der Waals surface area (Å²) in [6.07, 6.45) is 5.93. The molecule has 2 heterocycles. The average molecular weight is 392 g/mol. The maximum Gasteiger partial charge on any atom is 0.173 e. The van der Waals surface area contributed by atoms with Crippen LogP contribution in [-0.4, -0.2) is 41.4 Å². The Kier molecular flexibility index (Phi) is 6.66. The summed E-state index contributed by atoms with van der Waals surface area (Å²) in [6.45, 7) is 2.24. The first-order valence-electron chi connectivity index (χ1n) is 8.55. The number of halogens is 1. The van der Waals surface area contributed by atoms with Gasteiger partial charge in [-0.2, -0.15) is 0 Å². The van der Waals surface area contributed by atoms with Crippen molar-refractivity contribution in [1.82, 2.24) is 9.88 Å². The van der Waals surface area contributed by atoms with Crippen LogP contribution >= 0.6 is 23.8 Å². The SMILES string of the molecule is COc1cc(Cl)ccc1NC(=S)N(Cc1ccncc1)C[C@H]1CCCO1. The highest BCUT2D eigenvalue weighted by atomic mass is 35.5. The Hall–Kier alpha value is -1.89. The summed E-state index contributed by atoms with van der Waals surface area (Å²) in [5, 5.41) is 4.53. The second kappa shape index (κ2) is 9.16. The number of hydrogen-bond acceptors (Lipinski definition) is 4. The van der Waals surface area contributed by atoms with Crippen LogP contribution in [0.15, 0.2) is 42.7 Å². The molecule has 138 valence electrons. The van der Waals surface area contributed by atoms with Crippen LogP contribution in [0.1, 0.15) is 18.4 Å². The summed E-state index contributed by atoms with van der Waals surface area (Å²) >= 11 is 11.7. The zero-order valence-electron chi connectivity index (χ0n) is 14.7. The molecule has 26 heavy (non-hydrogen) atoms. The molecule has 3 rings (SSSR count). The molecule has 2 aromatic rings. The van der Waals surface area contributed by atoms with E-state index in [1.807, 2.05) is 24.3 Å². The van der Waals surface area contributed by atoms with E-state index in [0.717, 1.165) is 37.2 Å². The molecule has 0 radical (unpaired) electrons. The number of hydrogen-bond donors (Lipinski definition) is 1. The predicted molar refractivity (Wildman–Crippen MR) is 108 cm³/mol. The van der Waals surface area contributed by atoms with Gasteiger partial charge in [-0.25, -0.2) is 0 Å². The smallest absolute Gasteiger partial charge is 0.173 e. The summed E-state index contributed by atoms with van der Waals surface area (Å²) in [6, 6.07) is 9.42. The van der Waals surface area contributed by atoms with Crippen molar-refractivity contribution in [3.05, 3.63) is 53.3 Å². The van der Waals surface area contributed by atoms with Gasteiger partial charge in [-0.15, -0.1) is 0 Å². The Morgan fingerprint density at radius 2 is 2.19 bits per heavy atom. The minimum Gasteiger partial charge on any atom is -0.495 e. The van der Waals surface area contributed by atoms with Crippen molar-refractivity contribution in [3.63, 3.8) is 0 Å². The molecule has 1 atom stereocenters. The zero-order valence-corrected chi connectivity index (χ0v) is 16.2. The van der Waals surface area contributed by atoms with Crippen LogP contribution in [-0.2, 0) is 11.3 Å². The Morgan fingerprint density at radius 1 is 1.38 bits per heavy atom. The van der Waals surface area contributed by atoms with Gasteiger partial charge in [0.1, 0.15) is 5.75 Å². The van der Waals surface area contributed by atoms with E-state index in [-0.39, 0.29) is 6.10 Å². The van der Waals surface area contributed by atoms with Crippen LogP contribution in [0.2, 0.25) is 5.02 Å². The number of thiocarbonyl (C=S) groups is 1. The standard InChI is InChI=1S/C19H22ClN3O2S/c1-24-18-11-15(20)4-5-17(18)22-19(26)23(13-16-3-2-10-25-16)12-14-6-8-21-9-7-14/h4-9,11,16H,2-3,10,12-13H2,1H3,(H,22,26)/t16-/m1/s1. The van der Waals surface area contributed by atoms with Gasteiger partial charge in [-0.1, -0.05) is 11.6 Å². The minimum atomic E-state index is 0.198. The molecule has 0 bridgehead atoms. The molecular weight excluding hydrogens is 370 g/mol. The molecule has 0 aliphatic carbocycles. The van der Waals surface area contributed by atoms with Crippen LogP contribution in [0, 0.1) is 0 Å². The summed E-state index contributed by atoms with van der Waals surface area (Å²) in [7, 11) is 1.61. The number of ether oxygens (including phenoxy) is 2. The second-order valence-electron chi connectivity index (χ2n) is 6.15. The summed E-state index contributed by atoms with van der Waals surface area (Å²) in [5.41, 5.74) is 1.93. The number of aromatic nitrogens is 1. The van der Waals surface area contributed by atoms with Gasteiger partial charge in [0.05, 0.1) is 18.9 Å². The van der Waals surface area contributed by atoms with Crippen molar-refractivity contribution in [1.29, 1.82) is 0 Å². The Morgan fingerprint density at radius 3 is 2.88 bits per heavy atom. The monoisotopic (exact) mass is 391 g/mol. The number of methoxy groups -OCH3 is 1. The van der Waals surface area contributed by atoms with Crippen LogP contribution in [0.3, 0.4) is 0 Å². The quantitative estimate of drug-likeness (QED) is 0.747. The largest absolute Gasteiger partial charge is 0.495 e. The molecule has 1 saturated heterocycles. The maximum absolute atomic E-state index is 6.04. The highest BCUT2D eigenvalue weighted by Crippen LogP contribution is 2.28. The highest BCUT2D eigenvalue weighted by molar-refractivity contribution is 7.80. The van der Waals surface area contributed by atoms with Gasteiger partial charge in [0.25, 0.3) is 0 Å². The molecule has 1 aliphatic rings. The van der Waals surface area contributed by atoms with Gasteiger partial charge < -0.3 is 19.7 Å². The minimum absolute atomic E-state index is 0.198. The van der Waals surface area contributed by atoms with E-state index in [1.54, 1.807) is 25.6 Å². The number of benzene rings is 1. The van der Waals surface area contributed by atoms with E-state index >= 15 is 0 Å². The predicted octanol–water partition coefficient (Wildman–Crippen LogP) is 4.12. The second-order valence-corrected chi connectivity index (χ2v) is 6.97. The van der Waals surface area contributed by atoms with Crippen molar-refractivity contribution >= 4 is 34.6 Å².